The number of hydrogen-bond donors (Lipinski definition) is 2. The van der Waals surface area contributed by atoms with Crippen molar-refractivity contribution in [2.75, 3.05) is 6.61 Å². The van der Waals surface area contributed by atoms with Gasteiger partial charge in [-0.15, -0.1) is 0 Å². The summed E-state index contributed by atoms with van der Waals surface area (Å²) in [6.45, 7) is 1.56. The minimum Gasteiger partial charge on any atom is -0.368 e. The monoisotopic (exact) mass is 286 g/mol. The Hall–Kier alpha value is -1.40. The summed E-state index contributed by atoms with van der Waals surface area (Å²) in [7, 11) is 0. The summed E-state index contributed by atoms with van der Waals surface area (Å²) in [5.41, 5.74) is 8.42. The highest BCUT2D eigenvalue weighted by Gasteiger charge is 2.10. The molecule has 0 atom stereocenters. The lowest BCUT2D eigenvalue weighted by atomic mass is 10.1. The number of aryl methyl sites for hydroxylation is 1. The first-order chi connectivity index (χ1) is 7.50. The number of nitrogens with two attached hydrogens (primary N) is 1. The summed E-state index contributed by atoms with van der Waals surface area (Å²) in [6, 6.07) is 5.26. The van der Waals surface area contributed by atoms with Crippen molar-refractivity contribution in [3.63, 3.8) is 0 Å². The topological polar surface area (TPSA) is 81.4 Å². The number of halogens is 1. The number of hydroxylamine groups is 1. The predicted octanol–water partition coefficient (Wildman–Crippen LogP) is 0.904. The number of nitrogens with one attached hydrogen (secondary N) is 1. The largest absolute Gasteiger partial charge is 0.368 e. The molecule has 0 radical (unpaired) electrons. The molecule has 0 heterocycles. The van der Waals surface area contributed by atoms with Crippen molar-refractivity contribution in [3.8, 4) is 0 Å². The number of carbonyl (C=O) groups excluding carboxylic acids is 2. The standard InChI is InChI=1S/C10H11BrN2O3/c1-6-2-3-7(8(11)4-6)10(15)13-16-5-9(12)14/h2-4H,5H2,1H3,(H2,12,14)(H,13,15). The molecule has 5 nitrogen and oxygen atoms in total. The molecule has 0 fully saturated rings. The Morgan fingerprint density at radius 3 is 2.75 bits per heavy atom. The zero-order valence-electron chi connectivity index (χ0n) is 8.62. The Morgan fingerprint density at radius 2 is 2.19 bits per heavy atom. The van der Waals surface area contributed by atoms with Crippen molar-refractivity contribution in [2.24, 2.45) is 5.73 Å². The van der Waals surface area contributed by atoms with E-state index in [2.05, 4.69) is 26.2 Å². The zero-order chi connectivity index (χ0) is 12.1. The summed E-state index contributed by atoms with van der Waals surface area (Å²) in [5, 5.41) is 0. The van der Waals surface area contributed by atoms with E-state index in [1.807, 2.05) is 13.0 Å². The van der Waals surface area contributed by atoms with E-state index >= 15 is 0 Å². The number of primary amides is 1. The molecule has 0 aliphatic heterocycles. The third-order valence-electron chi connectivity index (χ3n) is 1.75. The van der Waals surface area contributed by atoms with Gasteiger partial charge in [-0.1, -0.05) is 6.07 Å². The average Bonchev–Trinajstić information content (AvgIpc) is 2.16. The van der Waals surface area contributed by atoms with E-state index in [1.165, 1.54) is 0 Å². The third-order valence-corrected chi connectivity index (χ3v) is 2.40. The van der Waals surface area contributed by atoms with Crippen molar-refractivity contribution in [2.45, 2.75) is 6.92 Å². The van der Waals surface area contributed by atoms with Crippen LogP contribution in [-0.4, -0.2) is 18.4 Å². The lowest BCUT2D eigenvalue weighted by Crippen LogP contribution is -2.29. The number of carbonyl (C=O) groups is 2. The molecule has 0 spiro atoms. The van der Waals surface area contributed by atoms with Gasteiger partial charge in [0.2, 0.25) is 5.91 Å². The highest BCUT2D eigenvalue weighted by atomic mass is 79.9. The quantitative estimate of drug-likeness (QED) is 0.807. The van der Waals surface area contributed by atoms with E-state index in [-0.39, 0.29) is 6.61 Å². The summed E-state index contributed by atoms with van der Waals surface area (Å²) >= 11 is 3.26. The molecular weight excluding hydrogens is 276 g/mol. The molecule has 0 aromatic heterocycles. The normalized spacial score (nSPS) is 9.88. The minimum absolute atomic E-state index is 0.352. The highest BCUT2D eigenvalue weighted by Crippen LogP contribution is 2.17. The van der Waals surface area contributed by atoms with Gasteiger partial charge in [0, 0.05) is 4.47 Å². The van der Waals surface area contributed by atoms with E-state index in [9.17, 15) is 9.59 Å². The lowest BCUT2D eigenvalue weighted by Gasteiger charge is -2.06. The molecule has 86 valence electrons. The van der Waals surface area contributed by atoms with Crippen LogP contribution >= 0.6 is 15.9 Å². The second-order valence-corrected chi connectivity index (χ2v) is 4.02. The lowest BCUT2D eigenvalue weighted by molar-refractivity contribution is -0.124. The second kappa shape index (κ2) is 5.62. The van der Waals surface area contributed by atoms with E-state index in [0.717, 1.165) is 5.56 Å². The smallest absolute Gasteiger partial charge is 0.275 e. The van der Waals surface area contributed by atoms with Crippen LogP contribution in [0.4, 0.5) is 0 Å². The van der Waals surface area contributed by atoms with E-state index in [0.29, 0.717) is 10.0 Å². The third kappa shape index (κ3) is 3.63. The first-order valence-electron chi connectivity index (χ1n) is 4.47. The molecule has 16 heavy (non-hydrogen) atoms. The summed E-state index contributed by atoms with van der Waals surface area (Å²) in [4.78, 5) is 26.5. The average molecular weight is 287 g/mol. The van der Waals surface area contributed by atoms with E-state index in [1.54, 1.807) is 12.1 Å². The maximum absolute atomic E-state index is 11.5. The number of amides is 2. The van der Waals surface area contributed by atoms with Gasteiger partial charge in [-0.3, -0.25) is 14.4 Å². The first-order valence-corrected chi connectivity index (χ1v) is 5.26. The Labute approximate surface area is 101 Å². The molecule has 1 aromatic carbocycles. The Kier molecular flexibility index (Phi) is 4.45. The molecule has 0 saturated carbocycles. The molecule has 0 saturated heterocycles. The fourth-order valence-corrected chi connectivity index (χ4v) is 1.71. The summed E-state index contributed by atoms with van der Waals surface area (Å²) in [5.74, 6) is -1.09. The second-order valence-electron chi connectivity index (χ2n) is 3.17. The maximum Gasteiger partial charge on any atom is 0.275 e. The van der Waals surface area contributed by atoms with Gasteiger partial charge in [-0.2, -0.15) is 0 Å². The molecular formula is C10H11BrN2O3. The van der Waals surface area contributed by atoms with Crippen LogP contribution < -0.4 is 11.2 Å². The van der Waals surface area contributed by atoms with Crippen molar-refractivity contribution in [1.82, 2.24) is 5.48 Å². The maximum atomic E-state index is 11.5. The fourth-order valence-electron chi connectivity index (χ4n) is 1.03. The molecule has 3 N–H and O–H groups in total. The molecule has 0 bridgehead atoms. The fraction of sp³-hybridized carbons (Fsp3) is 0.200. The SMILES string of the molecule is Cc1ccc(C(=O)NOCC(N)=O)c(Br)c1. The molecule has 0 aliphatic rings. The Balaban J connectivity index is 2.63. The first kappa shape index (κ1) is 12.7. The van der Waals surface area contributed by atoms with Gasteiger partial charge in [0.05, 0.1) is 5.56 Å². The summed E-state index contributed by atoms with van der Waals surface area (Å²) < 4.78 is 0.660. The van der Waals surface area contributed by atoms with Gasteiger partial charge < -0.3 is 5.73 Å². The molecule has 2 amide bonds. The van der Waals surface area contributed by atoms with Crippen LogP contribution in [0.15, 0.2) is 22.7 Å². The van der Waals surface area contributed by atoms with Crippen LogP contribution in [0.2, 0.25) is 0 Å². The van der Waals surface area contributed by atoms with Gasteiger partial charge in [0.15, 0.2) is 6.61 Å². The molecule has 6 heteroatoms. The molecule has 1 rings (SSSR count). The van der Waals surface area contributed by atoms with Crippen LogP contribution in [-0.2, 0) is 9.63 Å². The van der Waals surface area contributed by atoms with Crippen molar-refractivity contribution < 1.29 is 14.4 Å². The molecule has 0 aliphatic carbocycles. The highest BCUT2D eigenvalue weighted by molar-refractivity contribution is 9.10. The minimum atomic E-state index is -0.650. The van der Waals surface area contributed by atoms with Crippen LogP contribution in [0.25, 0.3) is 0 Å². The summed E-state index contributed by atoms with van der Waals surface area (Å²) in [6.07, 6.45) is 0. The molecule has 1 aromatic rings. The van der Waals surface area contributed by atoms with Crippen molar-refractivity contribution >= 4 is 27.7 Å². The zero-order valence-corrected chi connectivity index (χ0v) is 10.2. The van der Waals surface area contributed by atoms with Gasteiger partial charge in [-0.05, 0) is 40.5 Å². The van der Waals surface area contributed by atoms with E-state index in [4.69, 9.17) is 5.73 Å². The van der Waals surface area contributed by atoms with Gasteiger partial charge in [0.1, 0.15) is 0 Å². The number of benzene rings is 1. The van der Waals surface area contributed by atoms with E-state index < -0.39 is 11.8 Å². The Morgan fingerprint density at radius 1 is 1.50 bits per heavy atom. The number of hydrogen-bond acceptors (Lipinski definition) is 3. The van der Waals surface area contributed by atoms with Crippen molar-refractivity contribution in [1.29, 1.82) is 0 Å². The van der Waals surface area contributed by atoms with Crippen LogP contribution in [0, 0.1) is 6.92 Å². The van der Waals surface area contributed by atoms with Gasteiger partial charge in [-0.25, -0.2) is 5.48 Å². The van der Waals surface area contributed by atoms with Crippen molar-refractivity contribution in [3.05, 3.63) is 33.8 Å². The number of rotatable bonds is 4. The van der Waals surface area contributed by atoms with Crippen LogP contribution in [0.5, 0.6) is 0 Å². The molecule has 0 unspecified atom stereocenters. The Bertz CT molecular complexity index is 421. The van der Waals surface area contributed by atoms with Gasteiger partial charge >= 0.3 is 0 Å². The van der Waals surface area contributed by atoms with Crippen LogP contribution in [0.1, 0.15) is 15.9 Å². The van der Waals surface area contributed by atoms with Crippen LogP contribution in [0.3, 0.4) is 0 Å². The predicted molar refractivity (Wildman–Crippen MR) is 61.5 cm³/mol. The van der Waals surface area contributed by atoms with Gasteiger partial charge in [0.25, 0.3) is 5.91 Å².